The molecule has 0 bridgehead atoms. The molecule has 4 rings (SSSR count). The van der Waals surface area contributed by atoms with Gasteiger partial charge in [0.2, 0.25) is 5.91 Å². The average Bonchev–Trinajstić information content (AvgIpc) is 3.15. The highest BCUT2D eigenvalue weighted by Crippen LogP contribution is 2.35. The van der Waals surface area contributed by atoms with E-state index in [9.17, 15) is 4.79 Å². The Balaban J connectivity index is 1.68. The molecule has 0 spiro atoms. The van der Waals surface area contributed by atoms with Crippen molar-refractivity contribution in [3.05, 3.63) is 84.5 Å². The molecule has 1 amide bonds. The first-order valence-electron chi connectivity index (χ1n) is 8.48. The van der Waals surface area contributed by atoms with Crippen LogP contribution in [0.3, 0.4) is 0 Å². The fourth-order valence-corrected chi connectivity index (χ4v) is 2.84. The molecule has 0 aliphatic rings. The van der Waals surface area contributed by atoms with Crippen molar-refractivity contribution in [2.45, 2.75) is 0 Å². The van der Waals surface area contributed by atoms with Crippen LogP contribution in [0, 0.1) is 0 Å². The number of pyridine rings is 1. The summed E-state index contributed by atoms with van der Waals surface area (Å²) in [6.07, 6.45) is 2.88. The first kappa shape index (κ1) is 17.8. The predicted molar refractivity (Wildman–Crippen MR) is 110 cm³/mol. The summed E-state index contributed by atoms with van der Waals surface area (Å²) >= 11 is 5.92. The minimum absolute atomic E-state index is 0.276. The Morgan fingerprint density at radius 3 is 2.75 bits per heavy atom. The van der Waals surface area contributed by atoms with Gasteiger partial charge in [0.25, 0.3) is 0 Å². The van der Waals surface area contributed by atoms with Crippen LogP contribution in [-0.2, 0) is 4.79 Å². The van der Waals surface area contributed by atoms with E-state index in [1.165, 1.54) is 6.08 Å². The Bertz CT molecular complexity index is 1170. The second kappa shape index (κ2) is 7.58. The quantitative estimate of drug-likeness (QED) is 0.420. The van der Waals surface area contributed by atoms with Gasteiger partial charge in [0.1, 0.15) is 17.0 Å². The SMILES string of the molecule is C=CC(=O)Nc1cccc(-c2cc3nccc(Oc4ccc(Cl)cc4)c3o2)c1. The number of nitrogens with zero attached hydrogens (tertiary/aromatic N) is 1. The van der Waals surface area contributed by atoms with E-state index in [-0.39, 0.29) is 5.91 Å². The molecule has 28 heavy (non-hydrogen) atoms. The Hall–Kier alpha value is -3.57. The number of anilines is 1. The number of fused-ring (bicyclic) bond motifs is 1. The van der Waals surface area contributed by atoms with Gasteiger partial charge in [-0.25, -0.2) is 0 Å². The minimum atomic E-state index is -0.276. The van der Waals surface area contributed by atoms with Crippen molar-refractivity contribution < 1.29 is 13.9 Å². The van der Waals surface area contributed by atoms with Crippen LogP contribution in [-0.4, -0.2) is 10.9 Å². The van der Waals surface area contributed by atoms with Gasteiger partial charge in [-0.05, 0) is 42.5 Å². The number of amides is 1. The molecule has 2 aromatic heterocycles. The van der Waals surface area contributed by atoms with Crippen molar-refractivity contribution in [1.82, 2.24) is 4.98 Å². The largest absolute Gasteiger partial charge is 0.453 e. The summed E-state index contributed by atoms with van der Waals surface area (Å²) in [4.78, 5) is 15.9. The number of hydrogen-bond donors (Lipinski definition) is 1. The Morgan fingerprint density at radius 2 is 1.96 bits per heavy atom. The van der Waals surface area contributed by atoms with Crippen LogP contribution >= 0.6 is 11.6 Å². The minimum Gasteiger partial charge on any atom is -0.453 e. The van der Waals surface area contributed by atoms with Crippen molar-refractivity contribution in [3.63, 3.8) is 0 Å². The molecule has 0 saturated carbocycles. The number of furan rings is 1. The van der Waals surface area contributed by atoms with E-state index in [1.54, 1.807) is 42.6 Å². The highest BCUT2D eigenvalue weighted by molar-refractivity contribution is 6.30. The zero-order chi connectivity index (χ0) is 19.5. The summed E-state index contributed by atoms with van der Waals surface area (Å²) in [5, 5.41) is 3.37. The molecule has 0 unspecified atom stereocenters. The number of halogens is 1. The standard InChI is InChI=1S/C22H15ClN2O3/c1-2-21(26)25-16-5-3-4-14(12-16)20-13-18-22(28-20)19(10-11-24-18)27-17-8-6-15(23)7-9-17/h2-13H,1H2,(H,25,26). The number of rotatable bonds is 5. The molecule has 2 heterocycles. The maximum atomic E-state index is 11.5. The lowest BCUT2D eigenvalue weighted by molar-refractivity contribution is -0.111. The second-order valence-corrected chi connectivity index (χ2v) is 6.40. The number of nitrogens with one attached hydrogen (secondary N) is 1. The molecule has 0 radical (unpaired) electrons. The molecule has 6 heteroatoms. The molecular weight excluding hydrogens is 376 g/mol. The number of ether oxygens (including phenoxy) is 1. The van der Waals surface area contributed by atoms with E-state index >= 15 is 0 Å². The Kier molecular flexibility index (Phi) is 4.83. The number of aromatic nitrogens is 1. The maximum Gasteiger partial charge on any atom is 0.247 e. The zero-order valence-electron chi connectivity index (χ0n) is 14.7. The van der Waals surface area contributed by atoms with Crippen LogP contribution in [0.5, 0.6) is 11.5 Å². The van der Waals surface area contributed by atoms with Crippen LogP contribution in [0.1, 0.15) is 0 Å². The molecule has 1 N–H and O–H groups in total. The smallest absolute Gasteiger partial charge is 0.247 e. The van der Waals surface area contributed by atoms with Crippen molar-refractivity contribution in [3.8, 4) is 22.8 Å². The van der Waals surface area contributed by atoms with Gasteiger partial charge in [0.05, 0.1) is 0 Å². The summed E-state index contributed by atoms with van der Waals surface area (Å²) in [5.74, 6) is 1.53. The summed E-state index contributed by atoms with van der Waals surface area (Å²) in [7, 11) is 0. The Labute approximate surface area is 166 Å². The summed E-state index contributed by atoms with van der Waals surface area (Å²) in [6.45, 7) is 3.45. The summed E-state index contributed by atoms with van der Waals surface area (Å²) in [6, 6.07) is 18.0. The van der Waals surface area contributed by atoms with Gasteiger partial charge in [-0.2, -0.15) is 0 Å². The van der Waals surface area contributed by atoms with Gasteiger partial charge in [-0.3, -0.25) is 9.78 Å². The molecular formula is C22H15ClN2O3. The number of carbonyl (C=O) groups is 1. The number of carbonyl (C=O) groups excluding carboxylic acids is 1. The lowest BCUT2D eigenvalue weighted by Crippen LogP contribution is -2.06. The van der Waals surface area contributed by atoms with Crippen LogP contribution in [0.25, 0.3) is 22.4 Å². The van der Waals surface area contributed by atoms with Crippen molar-refractivity contribution in [1.29, 1.82) is 0 Å². The molecule has 138 valence electrons. The third kappa shape index (κ3) is 3.75. The van der Waals surface area contributed by atoms with E-state index in [4.69, 9.17) is 20.8 Å². The third-order valence-corrected chi connectivity index (χ3v) is 4.27. The molecule has 0 saturated heterocycles. The molecule has 2 aromatic carbocycles. The molecule has 0 atom stereocenters. The zero-order valence-corrected chi connectivity index (χ0v) is 15.4. The van der Waals surface area contributed by atoms with E-state index in [0.717, 1.165) is 5.56 Å². The number of hydrogen-bond acceptors (Lipinski definition) is 4. The fraction of sp³-hybridized carbons (Fsp3) is 0. The number of benzene rings is 2. The monoisotopic (exact) mass is 390 g/mol. The summed E-state index contributed by atoms with van der Waals surface area (Å²) in [5.41, 5.74) is 2.65. The van der Waals surface area contributed by atoms with Gasteiger partial charge < -0.3 is 14.5 Å². The van der Waals surface area contributed by atoms with E-state index in [1.807, 2.05) is 24.3 Å². The molecule has 5 nitrogen and oxygen atoms in total. The van der Waals surface area contributed by atoms with Crippen LogP contribution in [0.15, 0.2) is 83.9 Å². The highest BCUT2D eigenvalue weighted by atomic mass is 35.5. The first-order chi connectivity index (χ1) is 13.6. The highest BCUT2D eigenvalue weighted by Gasteiger charge is 2.13. The van der Waals surface area contributed by atoms with E-state index in [2.05, 4.69) is 16.9 Å². The van der Waals surface area contributed by atoms with E-state index < -0.39 is 0 Å². The third-order valence-electron chi connectivity index (χ3n) is 4.02. The van der Waals surface area contributed by atoms with Crippen LogP contribution in [0.4, 0.5) is 5.69 Å². The van der Waals surface area contributed by atoms with Gasteiger partial charge in [-0.1, -0.05) is 30.3 Å². The van der Waals surface area contributed by atoms with E-state index in [0.29, 0.717) is 39.1 Å². The summed E-state index contributed by atoms with van der Waals surface area (Å²) < 4.78 is 11.9. The van der Waals surface area contributed by atoms with Crippen molar-refractivity contribution in [2.75, 3.05) is 5.32 Å². The second-order valence-electron chi connectivity index (χ2n) is 5.96. The molecule has 0 fully saturated rings. The fourth-order valence-electron chi connectivity index (χ4n) is 2.71. The molecule has 4 aromatic rings. The first-order valence-corrected chi connectivity index (χ1v) is 8.86. The topological polar surface area (TPSA) is 64.4 Å². The lowest BCUT2D eigenvalue weighted by Gasteiger charge is -2.06. The van der Waals surface area contributed by atoms with Gasteiger partial charge in [-0.15, -0.1) is 0 Å². The van der Waals surface area contributed by atoms with Crippen LogP contribution in [0.2, 0.25) is 5.02 Å². The van der Waals surface area contributed by atoms with Gasteiger partial charge >= 0.3 is 0 Å². The lowest BCUT2D eigenvalue weighted by atomic mass is 10.1. The maximum absolute atomic E-state index is 11.5. The molecule has 0 aliphatic heterocycles. The van der Waals surface area contributed by atoms with Gasteiger partial charge in [0.15, 0.2) is 11.3 Å². The Morgan fingerprint density at radius 1 is 1.14 bits per heavy atom. The average molecular weight is 391 g/mol. The van der Waals surface area contributed by atoms with Crippen LogP contribution < -0.4 is 10.1 Å². The van der Waals surface area contributed by atoms with Crippen molar-refractivity contribution in [2.24, 2.45) is 0 Å². The molecule has 0 aliphatic carbocycles. The van der Waals surface area contributed by atoms with Crippen molar-refractivity contribution >= 4 is 34.3 Å². The van der Waals surface area contributed by atoms with Gasteiger partial charge in [0, 0.05) is 34.6 Å². The predicted octanol–water partition coefficient (Wildman–Crippen LogP) is 6.07. The normalized spacial score (nSPS) is 10.6.